The minimum absolute atomic E-state index is 0.640. The third-order valence-corrected chi connectivity index (χ3v) is 12.3. The fraction of sp³-hybridized carbons (Fsp3) is 0.0182. The van der Waals surface area contributed by atoms with Gasteiger partial charge in [0.2, 0.25) is 0 Å². The molecule has 2 aliphatic rings. The zero-order chi connectivity index (χ0) is 37.5. The number of rotatable bonds is 4. The number of para-hydroxylation sites is 1. The summed E-state index contributed by atoms with van der Waals surface area (Å²) in [5.74, 6) is 1.75. The van der Waals surface area contributed by atoms with Crippen LogP contribution in [0.2, 0.25) is 0 Å². The highest BCUT2D eigenvalue weighted by molar-refractivity contribution is 6.08. The SMILES string of the molecule is c1ccc(-c2cccc3c(N(c4ccc5c(c4)C4(c6ccccc6O5)c5ccccc5-c5cccc6cccc4c56)c4ccc5ccccc5c4)cccc23)cc1. The highest BCUT2D eigenvalue weighted by atomic mass is 16.5. The average Bonchev–Trinajstić information content (AvgIpc) is 3.28. The van der Waals surface area contributed by atoms with Crippen LogP contribution in [0, 0.1) is 0 Å². The molecule has 10 aromatic carbocycles. The van der Waals surface area contributed by atoms with Crippen molar-refractivity contribution >= 4 is 49.4 Å². The molecule has 0 fully saturated rings. The van der Waals surface area contributed by atoms with Gasteiger partial charge in [-0.2, -0.15) is 0 Å². The fourth-order valence-corrected chi connectivity index (χ4v) is 9.92. The lowest BCUT2D eigenvalue weighted by atomic mass is 9.58. The van der Waals surface area contributed by atoms with E-state index in [0.717, 1.165) is 39.7 Å². The highest BCUT2D eigenvalue weighted by Crippen LogP contribution is 2.62. The largest absolute Gasteiger partial charge is 0.457 e. The lowest BCUT2D eigenvalue weighted by Crippen LogP contribution is -2.36. The fourth-order valence-electron chi connectivity index (χ4n) is 9.92. The molecule has 57 heavy (non-hydrogen) atoms. The summed E-state index contributed by atoms with van der Waals surface area (Å²) >= 11 is 0. The Kier molecular flexibility index (Phi) is 6.88. The van der Waals surface area contributed by atoms with Crippen molar-refractivity contribution in [2.75, 3.05) is 4.90 Å². The quantitative estimate of drug-likeness (QED) is 0.179. The lowest BCUT2D eigenvalue weighted by Gasteiger charge is -2.45. The summed E-state index contributed by atoms with van der Waals surface area (Å²) in [5.41, 5.74) is 12.4. The molecule has 266 valence electrons. The Morgan fingerprint density at radius 1 is 0.351 bits per heavy atom. The molecule has 0 saturated carbocycles. The number of nitrogens with zero attached hydrogens (tertiary/aromatic N) is 1. The van der Waals surface area contributed by atoms with Crippen molar-refractivity contribution in [1.82, 2.24) is 0 Å². The van der Waals surface area contributed by atoms with E-state index in [0.29, 0.717) is 0 Å². The zero-order valence-electron chi connectivity index (χ0n) is 31.1. The van der Waals surface area contributed by atoms with Crippen LogP contribution in [0.5, 0.6) is 11.5 Å². The molecular weight excluding hydrogens is 691 g/mol. The minimum Gasteiger partial charge on any atom is -0.457 e. The maximum atomic E-state index is 6.92. The Balaban J connectivity index is 1.18. The Morgan fingerprint density at radius 3 is 1.88 bits per heavy atom. The van der Waals surface area contributed by atoms with Gasteiger partial charge >= 0.3 is 0 Å². The molecule has 0 bridgehead atoms. The summed E-state index contributed by atoms with van der Waals surface area (Å²) in [4.78, 5) is 2.45. The van der Waals surface area contributed by atoms with E-state index >= 15 is 0 Å². The van der Waals surface area contributed by atoms with Gasteiger partial charge in [-0.15, -0.1) is 0 Å². The standard InChI is InChI=1S/C55H35NO/c1-2-15-37(16-3-1)42-21-12-23-45-43(42)22-13-28-51(45)56(40-31-30-36-14-4-5-17-39(36)34-40)41-32-33-53-50(35-41)55(48-26-8-9-29-52(48)57-53)47-25-7-6-20-44(47)46-24-10-18-38-19-11-27-49(55)54(38)46/h1-35H. The molecule has 0 amide bonds. The molecule has 1 aliphatic heterocycles. The van der Waals surface area contributed by atoms with Gasteiger partial charge in [-0.3, -0.25) is 0 Å². The smallest absolute Gasteiger partial charge is 0.132 e. The van der Waals surface area contributed by atoms with Gasteiger partial charge in [0.15, 0.2) is 0 Å². The molecule has 1 unspecified atom stereocenters. The molecule has 2 nitrogen and oxygen atoms in total. The maximum absolute atomic E-state index is 6.92. The summed E-state index contributed by atoms with van der Waals surface area (Å²) in [7, 11) is 0. The van der Waals surface area contributed by atoms with E-state index in [2.05, 4.69) is 217 Å². The maximum Gasteiger partial charge on any atom is 0.132 e. The monoisotopic (exact) mass is 725 g/mol. The van der Waals surface area contributed by atoms with Crippen molar-refractivity contribution in [1.29, 1.82) is 0 Å². The van der Waals surface area contributed by atoms with Gasteiger partial charge in [0.25, 0.3) is 0 Å². The third-order valence-electron chi connectivity index (χ3n) is 12.3. The molecule has 1 spiro atoms. The number of benzene rings is 10. The third kappa shape index (κ3) is 4.59. The predicted octanol–water partition coefficient (Wildman–Crippen LogP) is 14.8. The Hall–Kier alpha value is -7.42. The zero-order valence-corrected chi connectivity index (χ0v) is 31.1. The second-order valence-corrected chi connectivity index (χ2v) is 15.2. The van der Waals surface area contributed by atoms with Crippen molar-refractivity contribution in [3.8, 4) is 33.8 Å². The topological polar surface area (TPSA) is 12.5 Å². The van der Waals surface area contributed by atoms with Crippen LogP contribution >= 0.6 is 0 Å². The predicted molar refractivity (Wildman–Crippen MR) is 236 cm³/mol. The van der Waals surface area contributed by atoms with Crippen molar-refractivity contribution in [2.45, 2.75) is 5.41 Å². The van der Waals surface area contributed by atoms with Crippen LogP contribution in [0.3, 0.4) is 0 Å². The first kappa shape index (κ1) is 31.9. The molecular formula is C55H35NO. The molecule has 12 rings (SSSR count). The first-order chi connectivity index (χ1) is 28.3. The molecule has 0 saturated heterocycles. The van der Waals surface area contributed by atoms with E-state index in [4.69, 9.17) is 4.74 Å². The van der Waals surface area contributed by atoms with E-state index in [1.165, 1.54) is 65.7 Å². The van der Waals surface area contributed by atoms with Gasteiger partial charge in [-0.25, -0.2) is 0 Å². The normalized spacial score (nSPS) is 14.9. The van der Waals surface area contributed by atoms with Crippen molar-refractivity contribution in [3.05, 3.63) is 235 Å². The van der Waals surface area contributed by atoms with Gasteiger partial charge in [0, 0.05) is 27.9 Å². The average molecular weight is 726 g/mol. The lowest BCUT2D eigenvalue weighted by molar-refractivity contribution is 0.435. The van der Waals surface area contributed by atoms with Gasteiger partial charge in [0.1, 0.15) is 11.5 Å². The molecule has 2 heteroatoms. The van der Waals surface area contributed by atoms with E-state index < -0.39 is 5.41 Å². The van der Waals surface area contributed by atoms with Crippen LogP contribution in [0.15, 0.2) is 212 Å². The molecule has 0 radical (unpaired) electrons. The van der Waals surface area contributed by atoms with Gasteiger partial charge in [0.05, 0.1) is 11.1 Å². The van der Waals surface area contributed by atoms with Gasteiger partial charge in [-0.05, 0) is 103 Å². The summed E-state index contributed by atoms with van der Waals surface area (Å²) < 4.78 is 6.92. The summed E-state index contributed by atoms with van der Waals surface area (Å²) in [5, 5.41) is 7.33. The summed E-state index contributed by atoms with van der Waals surface area (Å²) in [6.07, 6.45) is 0. The van der Waals surface area contributed by atoms with E-state index in [1.807, 2.05) is 0 Å². The number of fused-ring (bicyclic) bond motifs is 10. The van der Waals surface area contributed by atoms with Crippen LogP contribution in [0.1, 0.15) is 22.3 Å². The molecule has 10 aromatic rings. The second kappa shape index (κ2) is 12.3. The first-order valence-electron chi connectivity index (χ1n) is 19.7. The number of anilines is 3. The number of hydrogen-bond acceptors (Lipinski definition) is 2. The number of hydrogen-bond donors (Lipinski definition) is 0. The summed E-state index contributed by atoms with van der Waals surface area (Å²) in [6, 6.07) is 77.6. The second-order valence-electron chi connectivity index (χ2n) is 15.2. The van der Waals surface area contributed by atoms with Crippen molar-refractivity contribution in [3.63, 3.8) is 0 Å². The van der Waals surface area contributed by atoms with Crippen LogP contribution in [-0.4, -0.2) is 0 Å². The Labute approximate surface area is 331 Å². The van der Waals surface area contributed by atoms with E-state index in [9.17, 15) is 0 Å². The molecule has 1 heterocycles. The van der Waals surface area contributed by atoms with E-state index in [-0.39, 0.29) is 0 Å². The highest BCUT2D eigenvalue weighted by Gasteiger charge is 2.49. The van der Waals surface area contributed by atoms with Crippen LogP contribution < -0.4 is 9.64 Å². The minimum atomic E-state index is -0.640. The van der Waals surface area contributed by atoms with Crippen LogP contribution in [0.4, 0.5) is 17.1 Å². The molecule has 1 aliphatic carbocycles. The summed E-state index contributed by atoms with van der Waals surface area (Å²) in [6.45, 7) is 0. The van der Waals surface area contributed by atoms with Gasteiger partial charge < -0.3 is 9.64 Å². The van der Waals surface area contributed by atoms with Crippen LogP contribution in [0.25, 0.3) is 54.6 Å². The van der Waals surface area contributed by atoms with Crippen LogP contribution in [-0.2, 0) is 5.41 Å². The Bertz CT molecular complexity index is 3230. The Morgan fingerprint density at radius 2 is 0.965 bits per heavy atom. The molecule has 0 aromatic heterocycles. The van der Waals surface area contributed by atoms with Crippen molar-refractivity contribution < 1.29 is 4.74 Å². The van der Waals surface area contributed by atoms with Gasteiger partial charge in [-0.1, -0.05) is 170 Å². The first-order valence-corrected chi connectivity index (χ1v) is 19.7. The van der Waals surface area contributed by atoms with E-state index in [1.54, 1.807) is 0 Å². The van der Waals surface area contributed by atoms with Crippen molar-refractivity contribution in [2.24, 2.45) is 0 Å². The number of ether oxygens (including phenoxy) is 1. The molecule has 1 atom stereocenters. The molecule has 0 N–H and O–H groups in total.